The third-order valence-corrected chi connectivity index (χ3v) is 5.99. The molecule has 228 valence electrons. The molecule has 0 spiro atoms. The molecule has 0 aliphatic rings. The molecule has 0 heterocycles. The number of nitrogens with one attached hydrogen (secondary N) is 4. The largest absolute Gasteiger partial charge is 0.481 e. The van der Waals surface area contributed by atoms with E-state index >= 15 is 0 Å². The number of hydrogen-bond donors (Lipinski definition) is 6. The number of hydrogen-bond acceptors (Lipinski definition) is 8. The van der Waals surface area contributed by atoms with E-state index in [4.69, 9.17) is 10.3 Å². The van der Waals surface area contributed by atoms with Crippen molar-refractivity contribution in [2.24, 2.45) is 27.8 Å². The first-order chi connectivity index (χ1) is 18.1. The van der Waals surface area contributed by atoms with Gasteiger partial charge in [0.15, 0.2) is 0 Å². The van der Waals surface area contributed by atoms with Crippen molar-refractivity contribution < 1.29 is 38.9 Å². The molecule has 0 aliphatic heterocycles. The van der Waals surface area contributed by atoms with E-state index in [1.54, 1.807) is 62.3 Å². The molecule has 4 unspecified atom stereocenters. The fourth-order valence-corrected chi connectivity index (χ4v) is 4.38. The lowest BCUT2D eigenvalue weighted by Crippen LogP contribution is -2.59. The number of amides is 3. The van der Waals surface area contributed by atoms with Crippen LogP contribution in [0.4, 0.5) is 4.79 Å². The first-order valence-corrected chi connectivity index (χ1v) is 13.2. The minimum absolute atomic E-state index is 0.130. The summed E-state index contributed by atoms with van der Waals surface area (Å²) in [4.78, 5) is 64.9. The van der Waals surface area contributed by atoms with Crippen molar-refractivity contribution in [2.45, 2.75) is 99.3 Å². The van der Waals surface area contributed by atoms with Gasteiger partial charge in [0.25, 0.3) is 0 Å². The predicted octanol–water partition coefficient (Wildman–Crippen LogP) is 2.70. The molecule has 0 aromatic heterocycles. The monoisotopic (exact) mass is 571 g/mol. The molecule has 0 radical (unpaired) electrons. The molecular formula is C26H47N6O8+. The molecule has 3 amide bonds. The minimum atomic E-state index is -1.57. The zero-order valence-corrected chi connectivity index (χ0v) is 25.1. The predicted molar refractivity (Wildman–Crippen MR) is 145 cm³/mol. The second-order valence-electron chi connectivity index (χ2n) is 12.8. The maximum absolute atomic E-state index is 13.1. The number of carbonyl (C=O) groups is 5. The first kappa shape index (κ1) is 36.5. The summed E-state index contributed by atoms with van der Waals surface area (Å²) in [7, 11) is 0. The summed E-state index contributed by atoms with van der Waals surface area (Å²) in [6.45, 7) is 15.2. The van der Waals surface area contributed by atoms with Crippen LogP contribution in [0.5, 0.6) is 0 Å². The molecule has 4 atom stereocenters. The highest BCUT2D eigenvalue weighted by Gasteiger charge is 2.50. The number of ether oxygens (including phenoxy) is 1. The molecule has 0 aromatic rings. The van der Waals surface area contributed by atoms with Crippen molar-refractivity contribution >= 4 is 29.8 Å². The molecule has 0 rings (SSSR count). The van der Waals surface area contributed by atoms with Gasteiger partial charge in [0, 0.05) is 12.5 Å². The maximum atomic E-state index is 13.1. The Balaban J connectivity index is 5.80. The molecule has 14 heteroatoms. The number of esters is 1. The molecule has 0 saturated heterocycles. The van der Waals surface area contributed by atoms with Gasteiger partial charge in [-0.3, -0.25) is 9.59 Å². The van der Waals surface area contributed by atoms with E-state index in [0.717, 1.165) is 0 Å². The van der Waals surface area contributed by atoms with Crippen LogP contribution >= 0.6 is 0 Å². The van der Waals surface area contributed by atoms with Crippen LogP contribution in [-0.4, -0.2) is 70.8 Å². The van der Waals surface area contributed by atoms with Crippen LogP contribution in [0.3, 0.4) is 0 Å². The average molecular weight is 572 g/mol. The van der Waals surface area contributed by atoms with Crippen molar-refractivity contribution in [1.82, 2.24) is 20.9 Å². The Bertz CT molecular complexity index is 958. The Morgan fingerprint density at radius 1 is 0.875 bits per heavy atom. The van der Waals surface area contributed by atoms with E-state index < -0.39 is 70.2 Å². The molecular weight excluding hydrogens is 524 g/mol. The van der Waals surface area contributed by atoms with Gasteiger partial charge in [0.1, 0.15) is 28.3 Å². The van der Waals surface area contributed by atoms with Gasteiger partial charge in [-0.1, -0.05) is 41.5 Å². The van der Waals surface area contributed by atoms with Gasteiger partial charge in [0.05, 0.1) is 5.92 Å². The van der Waals surface area contributed by atoms with E-state index in [9.17, 15) is 34.2 Å². The normalized spacial score (nSPS) is 14.9. The van der Waals surface area contributed by atoms with Gasteiger partial charge in [-0.05, 0) is 50.9 Å². The number of rotatable bonds is 14. The van der Waals surface area contributed by atoms with Crippen molar-refractivity contribution in [3.05, 3.63) is 0 Å². The van der Waals surface area contributed by atoms with Crippen molar-refractivity contribution in [2.75, 3.05) is 13.1 Å². The number of carboxylic acid groups (broad SMARTS) is 2. The van der Waals surface area contributed by atoms with E-state index in [-0.39, 0.29) is 19.5 Å². The lowest BCUT2D eigenvalue weighted by Gasteiger charge is -2.44. The SMILES string of the molecule is CC(C)(C)OC(=O)C(CCCCNC(=O)CN=[N+]=N)NC(=O)NC(C(=O)O)C(C(C(=O)O)C(C)(C)C)C(C)(C)C. The first-order valence-electron chi connectivity index (χ1n) is 13.2. The van der Waals surface area contributed by atoms with Gasteiger partial charge >= 0.3 is 23.9 Å². The molecule has 0 saturated carbocycles. The fourth-order valence-electron chi connectivity index (χ4n) is 4.38. The lowest BCUT2D eigenvalue weighted by molar-refractivity contribution is -0.157. The zero-order valence-electron chi connectivity index (χ0n) is 25.1. The third-order valence-electron chi connectivity index (χ3n) is 5.99. The highest BCUT2D eigenvalue weighted by molar-refractivity contribution is 5.87. The van der Waals surface area contributed by atoms with Gasteiger partial charge < -0.3 is 30.9 Å². The van der Waals surface area contributed by atoms with Crippen LogP contribution in [-0.2, 0) is 23.9 Å². The standard InChI is InChI=1S/C26H46N6O8/c1-24(2,3)17(18(20(34)35)25(4,5)6)19(21(36)37)31-23(39)30-15(22(38)40-26(7,8)9)12-10-11-13-28-16(33)14-29-32-27/h15,17-19,27H,10-14H2,1-9H3,(H4-,28,30,31,33,34,35,36,37,39)/p+1. The summed E-state index contributed by atoms with van der Waals surface area (Å²) < 4.78 is 5.42. The average Bonchev–Trinajstić information content (AvgIpc) is 2.75. The van der Waals surface area contributed by atoms with E-state index in [0.29, 0.717) is 12.8 Å². The van der Waals surface area contributed by atoms with Crippen molar-refractivity contribution in [3.8, 4) is 0 Å². The zero-order chi connectivity index (χ0) is 31.5. The maximum Gasteiger partial charge on any atom is 0.329 e. The second-order valence-corrected chi connectivity index (χ2v) is 12.8. The summed E-state index contributed by atoms with van der Waals surface area (Å²) in [5.41, 5.74) is 4.06. The number of carboxylic acids is 2. The Morgan fingerprint density at radius 2 is 1.45 bits per heavy atom. The quantitative estimate of drug-likeness (QED) is 0.0785. The van der Waals surface area contributed by atoms with Crippen LogP contribution in [0.2, 0.25) is 0 Å². The molecule has 0 aliphatic carbocycles. The molecule has 40 heavy (non-hydrogen) atoms. The topological polar surface area (TPSA) is 221 Å². The minimum Gasteiger partial charge on any atom is -0.481 e. The van der Waals surface area contributed by atoms with Crippen LogP contribution in [0.1, 0.15) is 81.6 Å². The highest BCUT2D eigenvalue weighted by Crippen LogP contribution is 2.43. The molecule has 14 nitrogen and oxygen atoms in total. The molecule has 0 bridgehead atoms. The van der Waals surface area contributed by atoms with Gasteiger partial charge in [-0.15, -0.1) is 0 Å². The van der Waals surface area contributed by atoms with E-state index in [1.807, 2.05) is 0 Å². The highest BCUT2D eigenvalue weighted by atomic mass is 16.6. The number of carbonyl (C=O) groups excluding carboxylic acids is 3. The van der Waals surface area contributed by atoms with Crippen LogP contribution in [0, 0.1) is 28.2 Å². The van der Waals surface area contributed by atoms with E-state index in [1.165, 1.54) is 0 Å². The summed E-state index contributed by atoms with van der Waals surface area (Å²) >= 11 is 0. The summed E-state index contributed by atoms with van der Waals surface area (Å²) in [5.74, 6) is -5.85. The van der Waals surface area contributed by atoms with Gasteiger partial charge in [-0.25, -0.2) is 14.4 Å². The van der Waals surface area contributed by atoms with Crippen LogP contribution in [0.15, 0.2) is 5.11 Å². The summed E-state index contributed by atoms with van der Waals surface area (Å²) in [6.07, 6.45) is 0.968. The van der Waals surface area contributed by atoms with Gasteiger partial charge in [0.2, 0.25) is 17.4 Å². The Hall–Kier alpha value is -3.54. The van der Waals surface area contributed by atoms with Crippen molar-refractivity contribution in [3.63, 3.8) is 0 Å². The number of unbranched alkanes of at least 4 members (excludes halogenated alkanes) is 1. The van der Waals surface area contributed by atoms with Gasteiger partial charge in [-0.2, -0.15) is 0 Å². The third kappa shape index (κ3) is 13.5. The molecule has 6 N–H and O–H groups in total. The molecule has 0 fully saturated rings. The second kappa shape index (κ2) is 15.3. The number of nitrogens with zero attached hydrogens (tertiary/aromatic N) is 2. The number of urea groups is 1. The fraction of sp³-hybridized carbons (Fsp3) is 0.808. The van der Waals surface area contributed by atoms with Crippen LogP contribution in [0.25, 0.3) is 0 Å². The lowest BCUT2D eigenvalue weighted by atomic mass is 9.61. The summed E-state index contributed by atoms with van der Waals surface area (Å²) in [5, 5.41) is 30.9. The Morgan fingerprint density at radius 3 is 1.88 bits per heavy atom. The number of aliphatic carboxylic acids is 2. The Labute approximate surface area is 235 Å². The molecule has 0 aromatic carbocycles. The summed E-state index contributed by atoms with van der Waals surface area (Å²) in [6, 6.07) is -3.66. The van der Waals surface area contributed by atoms with E-state index in [2.05, 4.69) is 26.0 Å². The Kier molecular flexibility index (Phi) is 13.9. The van der Waals surface area contributed by atoms with Crippen molar-refractivity contribution in [1.29, 1.82) is 5.53 Å². The smallest absolute Gasteiger partial charge is 0.329 e. The van der Waals surface area contributed by atoms with Crippen LogP contribution < -0.4 is 20.9 Å².